The number of carbonyl (C=O) groups excluding carboxylic acids is 2. The lowest BCUT2D eigenvalue weighted by molar-refractivity contribution is -0.113. The molecule has 148 valence electrons. The molecule has 0 unspecified atom stereocenters. The minimum Gasteiger partial charge on any atom is -0.508 e. The van der Waals surface area contributed by atoms with E-state index in [-0.39, 0.29) is 23.1 Å². The molecule has 4 heteroatoms. The summed E-state index contributed by atoms with van der Waals surface area (Å²) in [4.78, 5) is 20.6. The van der Waals surface area contributed by atoms with Gasteiger partial charge in [0.05, 0.1) is 6.10 Å². The fourth-order valence-corrected chi connectivity index (χ4v) is 5.98. The molecule has 0 amide bonds. The monoisotopic (exact) mass is 380 g/mol. The van der Waals surface area contributed by atoms with Crippen molar-refractivity contribution in [3.8, 4) is 5.75 Å². The zero-order valence-corrected chi connectivity index (χ0v) is 16.3. The number of aromatic hydroxyl groups is 1. The topological polar surface area (TPSA) is 74.6 Å². The normalized spacial score (nSPS) is 35.5. The third-order valence-corrected chi connectivity index (χ3v) is 7.48. The molecular formula is C24H28O4. The molecule has 2 fully saturated rings. The summed E-state index contributed by atoms with van der Waals surface area (Å²) in [7, 11) is 0. The second-order valence-corrected chi connectivity index (χ2v) is 8.91. The van der Waals surface area contributed by atoms with Crippen LogP contribution in [-0.2, 0) is 16.0 Å². The van der Waals surface area contributed by atoms with E-state index in [4.69, 9.17) is 0 Å². The molecule has 4 aliphatic rings. The van der Waals surface area contributed by atoms with Crippen LogP contribution in [0.1, 0.15) is 56.1 Å². The van der Waals surface area contributed by atoms with E-state index >= 15 is 0 Å². The van der Waals surface area contributed by atoms with E-state index in [1.54, 1.807) is 0 Å². The molecule has 5 atom stereocenters. The molecule has 4 nitrogen and oxygen atoms in total. The summed E-state index contributed by atoms with van der Waals surface area (Å²) in [6, 6.07) is 5.96. The van der Waals surface area contributed by atoms with Crippen molar-refractivity contribution in [2.75, 3.05) is 0 Å². The van der Waals surface area contributed by atoms with Crippen LogP contribution in [0.2, 0.25) is 0 Å². The third-order valence-electron chi connectivity index (χ3n) is 7.48. The number of benzene rings is 1. The van der Waals surface area contributed by atoms with Gasteiger partial charge in [-0.05, 0) is 109 Å². The Morgan fingerprint density at radius 3 is 2.32 bits per heavy atom. The summed E-state index contributed by atoms with van der Waals surface area (Å²) >= 11 is 0. The summed E-state index contributed by atoms with van der Waals surface area (Å²) in [5, 5.41) is 20.0. The van der Waals surface area contributed by atoms with Crippen LogP contribution >= 0.6 is 0 Å². The number of fused-ring (bicyclic) bond motifs is 5. The lowest BCUT2D eigenvalue weighted by Crippen LogP contribution is -2.43. The first kappa shape index (κ1) is 19.1. The van der Waals surface area contributed by atoms with Crippen molar-refractivity contribution in [2.45, 2.75) is 57.5 Å². The van der Waals surface area contributed by atoms with Crippen LogP contribution < -0.4 is 0 Å². The van der Waals surface area contributed by atoms with Crippen molar-refractivity contribution in [3.63, 3.8) is 0 Å². The molecule has 0 aliphatic heterocycles. The molecule has 0 aromatic heterocycles. The maximum absolute atomic E-state index is 10.4. The van der Waals surface area contributed by atoms with Gasteiger partial charge in [-0.25, -0.2) is 0 Å². The SMILES string of the molecule is C[C@]12CC[C@@H]3c4ccc(O)cc4CC[C@H]3[C@@H]1CC[C@@H]2O.O=C1C=CC(=O)C=C1. The van der Waals surface area contributed by atoms with Gasteiger partial charge in [-0.2, -0.15) is 0 Å². The smallest absolute Gasteiger partial charge is 0.178 e. The molecule has 1 aromatic carbocycles. The molecule has 0 spiro atoms. The maximum Gasteiger partial charge on any atom is 0.178 e. The minimum absolute atomic E-state index is 0.0883. The van der Waals surface area contributed by atoms with Gasteiger partial charge < -0.3 is 10.2 Å². The van der Waals surface area contributed by atoms with Crippen LogP contribution in [0.15, 0.2) is 42.5 Å². The number of hydrogen-bond donors (Lipinski definition) is 2. The number of aliphatic hydroxyl groups excluding tert-OH is 1. The summed E-state index contributed by atoms with van der Waals surface area (Å²) in [5.74, 6) is 2.25. The molecule has 4 aliphatic carbocycles. The van der Waals surface area contributed by atoms with Gasteiger partial charge in [0.15, 0.2) is 11.6 Å². The van der Waals surface area contributed by atoms with E-state index in [1.807, 2.05) is 12.1 Å². The van der Waals surface area contributed by atoms with E-state index in [0.717, 1.165) is 25.2 Å². The Morgan fingerprint density at radius 1 is 0.964 bits per heavy atom. The summed E-state index contributed by atoms with van der Waals surface area (Å²) in [6.07, 6.45) is 11.8. The number of aryl methyl sites for hydroxylation is 1. The van der Waals surface area contributed by atoms with Gasteiger partial charge >= 0.3 is 0 Å². The zero-order valence-electron chi connectivity index (χ0n) is 16.3. The quantitative estimate of drug-likeness (QED) is 0.670. The predicted octanol–water partition coefficient (Wildman–Crippen LogP) is 3.86. The first-order valence-electron chi connectivity index (χ1n) is 10.3. The van der Waals surface area contributed by atoms with Crippen molar-refractivity contribution in [2.24, 2.45) is 17.3 Å². The molecule has 0 bridgehead atoms. The lowest BCUT2D eigenvalue weighted by Gasteiger charge is -2.50. The number of allylic oxidation sites excluding steroid dienone is 4. The number of hydrogen-bond acceptors (Lipinski definition) is 4. The van der Waals surface area contributed by atoms with Crippen LogP contribution in [0.3, 0.4) is 0 Å². The Morgan fingerprint density at radius 2 is 1.64 bits per heavy atom. The van der Waals surface area contributed by atoms with Crippen LogP contribution in [0.4, 0.5) is 0 Å². The van der Waals surface area contributed by atoms with Gasteiger partial charge in [0, 0.05) is 0 Å². The van der Waals surface area contributed by atoms with Crippen molar-refractivity contribution in [3.05, 3.63) is 53.6 Å². The lowest BCUT2D eigenvalue weighted by atomic mass is 9.55. The van der Waals surface area contributed by atoms with Crippen LogP contribution in [0.25, 0.3) is 0 Å². The van der Waals surface area contributed by atoms with Gasteiger partial charge in [-0.15, -0.1) is 0 Å². The summed E-state index contributed by atoms with van der Waals surface area (Å²) < 4.78 is 0. The Labute approximate surface area is 166 Å². The predicted molar refractivity (Wildman–Crippen MR) is 107 cm³/mol. The molecule has 2 saturated carbocycles. The van der Waals surface area contributed by atoms with Crippen LogP contribution in [-0.4, -0.2) is 27.9 Å². The maximum atomic E-state index is 10.4. The fraction of sp³-hybridized carbons (Fsp3) is 0.500. The Kier molecular flexibility index (Phi) is 5.00. The molecule has 0 radical (unpaired) electrons. The Bertz CT molecular complexity index is 814. The standard InChI is InChI=1S/C18H24O2.C6H4O2/c1-18-9-8-14-13-5-3-12(19)10-11(13)2-4-15(14)16(18)6-7-17(18)20;7-5-1-2-6(8)4-3-5/h3,5,10,14-17,19-20H,2,4,6-9H2,1H3;1-4H/t14-,15-,16+,17+,18+;/m1./s1. The van der Waals surface area contributed by atoms with Gasteiger partial charge in [0.25, 0.3) is 0 Å². The number of phenols is 1. The van der Waals surface area contributed by atoms with Crippen molar-refractivity contribution in [1.82, 2.24) is 0 Å². The first-order valence-corrected chi connectivity index (χ1v) is 10.3. The van der Waals surface area contributed by atoms with Crippen molar-refractivity contribution < 1.29 is 19.8 Å². The summed E-state index contributed by atoms with van der Waals surface area (Å²) in [5.41, 5.74) is 2.99. The zero-order chi connectivity index (χ0) is 19.9. The fourth-order valence-electron chi connectivity index (χ4n) is 5.98. The number of aliphatic hydroxyl groups is 1. The second-order valence-electron chi connectivity index (χ2n) is 8.91. The number of carbonyl (C=O) groups is 2. The number of ketones is 2. The number of phenolic OH excluding ortho intramolecular Hbond substituents is 1. The average Bonchev–Trinajstić information content (AvgIpc) is 2.99. The van der Waals surface area contributed by atoms with Crippen LogP contribution in [0.5, 0.6) is 5.75 Å². The highest BCUT2D eigenvalue weighted by molar-refractivity contribution is 6.14. The van der Waals surface area contributed by atoms with Gasteiger partial charge in [0.2, 0.25) is 0 Å². The number of rotatable bonds is 0. The molecule has 5 rings (SSSR count). The van der Waals surface area contributed by atoms with E-state index in [9.17, 15) is 19.8 Å². The molecule has 28 heavy (non-hydrogen) atoms. The van der Waals surface area contributed by atoms with Crippen LogP contribution in [0, 0.1) is 17.3 Å². The Balaban J connectivity index is 0.000000203. The van der Waals surface area contributed by atoms with E-state index in [0.29, 0.717) is 17.6 Å². The van der Waals surface area contributed by atoms with Crippen molar-refractivity contribution in [1.29, 1.82) is 0 Å². The van der Waals surface area contributed by atoms with Gasteiger partial charge in [0.1, 0.15) is 5.75 Å². The molecule has 2 N–H and O–H groups in total. The van der Waals surface area contributed by atoms with E-state index in [1.165, 1.54) is 54.7 Å². The van der Waals surface area contributed by atoms with Crippen molar-refractivity contribution >= 4 is 11.6 Å². The molecular weight excluding hydrogens is 352 g/mol. The largest absolute Gasteiger partial charge is 0.508 e. The average molecular weight is 380 g/mol. The highest BCUT2D eigenvalue weighted by atomic mass is 16.3. The van der Waals surface area contributed by atoms with E-state index < -0.39 is 0 Å². The Hall–Kier alpha value is -2.20. The first-order chi connectivity index (χ1) is 13.4. The van der Waals surface area contributed by atoms with Gasteiger partial charge in [-0.3, -0.25) is 9.59 Å². The molecule has 1 aromatic rings. The minimum atomic E-state index is -0.121. The highest BCUT2D eigenvalue weighted by Crippen LogP contribution is 2.60. The third kappa shape index (κ3) is 3.35. The molecule has 0 heterocycles. The van der Waals surface area contributed by atoms with Gasteiger partial charge in [-0.1, -0.05) is 13.0 Å². The summed E-state index contributed by atoms with van der Waals surface area (Å²) in [6.45, 7) is 2.32. The highest BCUT2D eigenvalue weighted by Gasteiger charge is 2.54. The second kappa shape index (κ2) is 7.32. The van der Waals surface area contributed by atoms with E-state index in [2.05, 4.69) is 13.0 Å². The molecule has 0 saturated heterocycles.